The first-order valence-electron chi connectivity index (χ1n) is 7.34. The maximum atomic E-state index is 3.86. The standard InChI is InChI=1S/C16H13.C5H5.Zr/c1-2-7-12-13-8-3-5-10-15(13)16-11-6-4-9-14(12)16;1-2-4-5-3-1;/h2-6,8,10-12H,1,7H2;1-3H,4H2;/q2*-1;+2. The molecular weight excluding hydrogens is 343 g/mol. The van der Waals surface area contributed by atoms with Crippen LogP contribution in [0, 0.1) is 12.1 Å². The third-order valence-electron chi connectivity index (χ3n) is 3.85. The second kappa shape index (κ2) is 8.25. The summed E-state index contributed by atoms with van der Waals surface area (Å²) in [5, 5.41) is 0. The van der Waals surface area contributed by atoms with E-state index in [1.807, 2.05) is 24.3 Å². The Morgan fingerprint density at radius 1 is 1.14 bits per heavy atom. The summed E-state index contributed by atoms with van der Waals surface area (Å²) in [6.45, 7) is 3.86. The van der Waals surface area contributed by atoms with Crippen molar-refractivity contribution in [2.45, 2.75) is 18.8 Å². The number of fused-ring (bicyclic) bond motifs is 3. The van der Waals surface area contributed by atoms with Crippen molar-refractivity contribution >= 4 is 0 Å². The third kappa shape index (κ3) is 3.47. The van der Waals surface area contributed by atoms with Gasteiger partial charge in [-0.15, -0.1) is 24.1 Å². The molecule has 1 heteroatoms. The zero-order chi connectivity index (χ0) is 14.5. The summed E-state index contributed by atoms with van der Waals surface area (Å²) in [4.78, 5) is 0. The summed E-state index contributed by atoms with van der Waals surface area (Å²) in [5.74, 6) is 0.449. The first kappa shape index (κ1) is 16.9. The molecule has 0 aromatic heterocycles. The van der Waals surface area contributed by atoms with E-state index in [9.17, 15) is 0 Å². The molecule has 0 radical (unpaired) electrons. The van der Waals surface area contributed by atoms with Crippen molar-refractivity contribution in [1.29, 1.82) is 0 Å². The van der Waals surface area contributed by atoms with Gasteiger partial charge < -0.3 is 0 Å². The molecule has 0 aliphatic heterocycles. The zero-order valence-electron chi connectivity index (χ0n) is 12.5. The summed E-state index contributed by atoms with van der Waals surface area (Å²) in [6.07, 6.45) is 13.0. The van der Waals surface area contributed by atoms with Crippen LogP contribution in [0.5, 0.6) is 0 Å². The smallest absolute Gasteiger partial charge is 0.273 e. The summed E-state index contributed by atoms with van der Waals surface area (Å²) in [5.41, 5.74) is 5.44. The van der Waals surface area contributed by atoms with Crippen molar-refractivity contribution in [3.05, 3.63) is 96.6 Å². The van der Waals surface area contributed by atoms with E-state index in [0.717, 1.165) is 12.8 Å². The topological polar surface area (TPSA) is 0 Å². The van der Waals surface area contributed by atoms with Crippen molar-refractivity contribution in [1.82, 2.24) is 0 Å². The van der Waals surface area contributed by atoms with Crippen LogP contribution in [0.1, 0.15) is 29.9 Å². The Labute approximate surface area is 152 Å². The second-order valence-electron chi connectivity index (χ2n) is 5.16. The molecule has 2 aliphatic rings. The minimum Gasteiger partial charge on any atom is -0.273 e. The van der Waals surface area contributed by atoms with E-state index in [2.05, 4.69) is 61.2 Å². The molecule has 0 spiro atoms. The van der Waals surface area contributed by atoms with Gasteiger partial charge in [0, 0.05) is 0 Å². The third-order valence-corrected chi connectivity index (χ3v) is 3.85. The Balaban J connectivity index is 0.000000253. The molecule has 2 aromatic rings. The fourth-order valence-corrected chi connectivity index (χ4v) is 2.93. The number of rotatable bonds is 2. The SMILES string of the molecule is C=CCC1c2[c-]cccc2-c2ccccc21.[C-]1=CC=CC1.[Zr+2]. The van der Waals surface area contributed by atoms with Gasteiger partial charge in [0.25, 0.3) is 0 Å². The monoisotopic (exact) mass is 360 g/mol. The molecule has 0 heterocycles. The Bertz CT molecular complexity index is 639. The molecule has 0 saturated heterocycles. The zero-order valence-corrected chi connectivity index (χ0v) is 15.0. The van der Waals surface area contributed by atoms with Crippen LogP contribution in [0.3, 0.4) is 0 Å². The van der Waals surface area contributed by atoms with Crippen LogP contribution >= 0.6 is 0 Å². The van der Waals surface area contributed by atoms with Crippen molar-refractivity contribution in [2.24, 2.45) is 0 Å². The van der Waals surface area contributed by atoms with E-state index in [0.29, 0.717) is 5.92 Å². The molecule has 1 unspecified atom stereocenters. The van der Waals surface area contributed by atoms with Crippen molar-refractivity contribution in [2.75, 3.05) is 0 Å². The molecule has 106 valence electrons. The molecule has 0 N–H and O–H groups in total. The first-order valence-corrected chi connectivity index (χ1v) is 7.34. The molecule has 0 fully saturated rings. The number of benzene rings is 2. The van der Waals surface area contributed by atoms with Gasteiger partial charge >= 0.3 is 26.2 Å². The molecule has 4 rings (SSSR count). The summed E-state index contributed by atoms with van der Waals surface area (Å²) in [6, 6.07) is 18.3. The van der Waals surface area contributed by atoms with Gasteiger partial charge in [0.1, 0.15) is 0 Å². The number of hydrogen-bond acceptors (Lipinski definition) is 0. The van der Waals surface area contributed by atoms with E-state index in [1.165, 1.54) is 22.3 Å². The predicted octanol–water partition coefficient (Wildman–Crippen LogP) is 5.48. The van der Waals surface area contributed by atoms with E-state index in [1.54, 1.807) is 0 Å². The van der Waals surface area contributed by atoms with Crippen LogP contribution in [-0.2, 0) is 26.2 Å². The van der Waals surface area contributed by atoms with Crippen molar-refractivity contribution in [3.8, 4) is 11.1 Å². The Morgan fingerprint density at radius 2 is 1.95 bits per heavy atom. The van der Waals surface area contributed by atoms with Crippen molar-refractivity contribution in [3.63, 3.8) is 0 Å². The van der Waals surface area contributed by atoms with Gasteiger partial charge in [0.05, 0.1) is 0 Å². The van der Waals surface area contributed by atoms with Crippen LogP contribution in [0.4, 0.5) is 0 Å². The second-order valence-corrected chi connectivity index (χ2v) is 5.16. The minimum atomic E-state index is 0. The normalized spacial score (nSPS) is 16.1. The quantitative estimate of drug-likeness (QED) is 0.491. The summed E-state index contributed by atoms with van der Waals surface area (Å²) >= 11 is 0. The molecule has 0 bridgehead atoms. The fourth-order valence-electron chi connectivity index (χ4n) is 2.93. The largest absolute Gasteiger partial charge is 2.00 e. The van der Waals surface area contributed by atoms with Crippen LogP contribution in [0.25, 0.3) is 11.1 Å². The average molecular weight is 362 g/mol. The van der Waals surface area contributed by atoms with E-state index >= 15 is 0 Å². The van der Waals surface area contributed by atoms with Gasteiger partial charge in [-0.3, -0.25) is 6.08 Å². The summed E-state index contributed by atoms with van der Waals surface area (Å²) < 4.78 is 0. The molecule has 0 amide bonds. The Hall–Kier alpha value is -1.46. The minimum absolute atomic E-state index is 0. The van der Waals surface area contributed by atoms with Gasteiger partial charge in [0.2, 0.25) is 0 Å². The molecule has 0 saturated carbocycles. The van der Waals surface area contributed by atoms with E-state index in [4.69, 9.17) is 0 Å². The average Bonchev–Trinajstić information content (AvgIpc) is 3.20. The Morgan fingerprint density at radius 3 is 2.64 bits per heavy atom. The molecule has 1 atom stereocenters. The fraction of sp³-hybridized carbons (Fsp3) is 0.143. The molecule has 22 heavy (non-hydrogen) atoms. The van der Waals surface area contributed by atoms with Gasteiger partial charge in [-0.2, -0.15) is 30.3 Å². The van der Waals surface area contributed by atoms with Gasteiger partial charge in [0.15, 0.2) is 0 Å². The van der Waals surface area contributed by atoms with Gasteiger partial charge in [-0.05, 0) is 17.9 Å². The van der Waals surface area contributed by atoms with Gasteiger partial charge in [-0.25, -0.2) is 12.2 Å². The number of allylic oxidation sites excluding steroid dienone is 5. The maximum absolute atomic E-state index is 3.86. The van der Waals surface area contributed by atoms with Crippen LogP contribution < -0.4 is 0 Å². The van der Waals surface area contributed by atoms with E-state index < -0.39 is 0 Å². The molecule has 0 nitrogen and oxygen atoms in total. The molecule has 2 aliphatic carbocycles. The molecule has 2 aromatic carbocycles. The first-order chi connectivity index (χ1) is 10.4. The van der Waals surface area contributed by atoms with Crippen LogP contribution in [-0.4, -0.2) is 0 Å². The molecular formula is C21H18Zr. The van der Waals surface area contributed by atoms with Crippen LogP contribution in [0.15, 0.2) is 73.3 Å². The van der Waals surface area contributed by atoms with Crippen LogP contribution in [0.2, 0.25) is 0 Å². The van der Waals surface area contributed by atoms with Gasteiger partial charge in [-0.1, -0.05) is 35.9 Å². The maximum Gasteiger partial charge on any atom is 2.00 e. The predicted molar refractivity (Wildman–Crippen MR) is 88.9 cm³/mol. The van der Waals surface area contributed by atoms with Crippen molar-refractivity contribution < 1.29 is 26.2 Å². The Kier molecular flexibility index (Phi) is 6.34. The summed E-state index contributed by atoms with van der Waals surface area (Å²) in [7, 11) is 0. The number of hydrogen-bond donors (Lipinski definition) is 0. The van der Waals surface area contributed by atoms with E-state index in [-0.39, 0.29) is 26.2 Å².